The van der Waals surface area contributed by atoms with Crippen molar-refractivity contribution in [3.05, 3.63) is 206 Å². The van der Waals surface area contributed by atoms with Crippen LogP contribution in [0.1, 0.15) is 0 Å². The second-order valence-electron chi connectivity index (χ2n) is 14.9. The number of aromatic nitrogens is 2. The molecule has 12 rings (SSSR count). The molecule has 3 heteroatoms. The molecule has 0 spiro atoms. The second-order valence-corrected chi connectivity index (χ2v) is 14.9. The summed E-state index contributed by atoms with van der Waals surface area (Å²) in [7, 11) is 0. The van der Waals surface area contributed by atoms with Gasteiger partial charge in [-0.25, -0.2) is 0 Å². The summed E-state index contributed by atoms with van der Waals surface area (Å²) in [6.45, 7) is 0. The average Bonchev–Trinajstić information content (AvgIpc) is 3.94. The van der Waals surface area contributed by atoms with Crippen molar-refractivity contribution >= 4 is 65.6 Å². The molecule has 0 saturated heterocycles. The van der Waals surface area contributed by atoms with E-state index in [1.165, 1.54) is 55.2 Å². The molecule has 3 aromatic heterocycles. The third-order valence-corrected chi connectivity index (χ3v) is 11.7. The summed E-state index contributed by atoms with van der Waals surface area (Å²) in [6.07, 6.45) is 0. The zero-order chi connectivity index (χ0) is 37.5. The molecule has 0 atom stereocenters. The van der Waals surface area contributed by atoms with E-state index in [2.05, 4.69) is 209 Å². The highest BCUT2D eigenvalue weighted by Gasteiger charge is 2.21. The Morgan fingerprint density at radius 1 is 0.281 bits per heavy atom. The highest BCUT2D eigenvalue weighted by molar-refractivity contribution is 6.24. The average molecular weight is 727 g/mol. The van der Waals surface area contributed by atoms with Crippen molar-refractivity contribution < 1.29 is 4.42 Å². The van der Waals surface area contributed by atoms with Crippen LogP contribution in [0, 0.1) is 0 Å². The molecule has 0 aliphatic carbocycles. The van der Waals surface area contributed by atoms with Crippen molar-refractivity contribution in [1.82, 2.24) is 9.13 Å². The van der Waals surface area contributed by atoms with E-state index in [-0.39, 0.29) is 0 Å². The van der Waals surface area contributed by atoms with Crippen molar-refractivity contribution in [2.24, 2.45) is 0 Å². The van der Waals surface area contributed by atoms with E-state index in [1.54, 1.807) is 0 Å². The van der Waals surface area contributed by atoms with Crippen LogP contribution in [-0.2, 0) is 0 Å². The number of para-hydroxylation sites is 3. The summed E-state index contributed by atoms with van der Waals surface area (Å²) in [5.41, 5.74) is 15.8. The van der Waals surface area contributed by atoms with Crippen molar-refractivity contribution in [3.8, 4) is 44.8 Å². The normalized spacial score (nSPS) is 11.9. The smallest absolute Gasteiger partial charge is 0.145 e. The topological polar surface area (TPSA) is 23.0 Å². The van der Waals surface area contributed by atoms with Crippen molar-refractivity contribution in [1.29, 1.82) is 0 Å². The summed E-state index contributed by atoms with van der Waals surface area (Å²) >= 11 is 0. The molecule has 0 unspecified atom stereocenters. The minimum atomic E-state index is 0.903. The van der Waals surface area contributed by atoms with Gasteiger partial charge in [0.2, 0.25) is 0 Å². The highest BCUT2D eigenvalue weighted by atomic mass is 16.3. The Bertz CT molecular complexity index is 3380. The molecule has 9 aromatic carbocycles. The Balaban J connectivity index is 1.08. The lowest BCUT2D eigenvalue weighted by molar-refractivity contribution is 0.673. The van der Waals surface area contributed by atoms with Crippen LogP contribution in [0.3, 0.4) is 0 Å². The van der Waals surface area contributed by atoms with Gasteiger partial charge in [-0.05, 0) is 112 Å². The Labute approximate surface area is 328 Å². The predicted molar refractivity (Wildman–Crippen MR) is 239 cm³/mol. The maximum atomic E-state index is 6.69. The third-order valence-electron chi connectivity index (χ3n) is 11.7. The molecule has 0 amide bonds. The number of furan rings is 1. The first-order valence-electron chi connectivity index (χ1n) is 19.5. The van der Waals surface area contributed by atoms with Gasteiger partial charge in [0.05, 0.1) is 27.5 Å². The fraction of sp³-hybridized carbons (Fsp3) is 0. The molecule has 12 aromatic rings. The van der Waals surface area contributed by atoms with E-state index >= 15 is 0 Å². The Morgan fingerprint density at radius 3 is 1.40 bits per heavy atom. The zero-order valence-electron chi connectivity index (χ0n) is 30.9. The molecule has 0 fully saturated rings. The van der Waals surface area contributed by atoms with Gasteiger partial charge < -0.3 is 13.6 Å². The van der Waals surface area contributed by atoms with Crippen molar-refractivity contribution in [3.63, 3.8) is 0 Å². The fourth-order valence-corrected chi connectivity index (χ4v) is 9.08. The molecule has 0 radical (unpaired) electrons. The Kier molecular flexibility index (Phi) is 6.93. The first-order chi connectivity index (χ1) is 28.3. The lowest BCUT2D eigenvalue weighted by Crippen LogP contribution is -1.97. The van der Waals surface area contributed by atoms with Gasteiger partial charge >= 0.3 is 0 Å². The van der Waals surface area contributed by atoms with E-state index in [4.69, 9.17) is 4.42 Å². The number of hydrogen-bond acceptors (Lipinski definition) is 1. The zero-order valence-corrected chi connectivity index (χ0v) is 30.9. The fourth-order valence-electron chi connectivity index (χ4n) is 9.08. The van der Waals surface area contributed by atoms with Gasteiger partial charge in [-0.3, -0.25) is 0 Å². The number of benzene rings is 9. The maximum absolute atomic E-state index is 6.69. The lowest BCUT2D eigenvalue weighted by Gasteiger charge is -2.13. The highest BCUT2D eigenvalue weighted by Crippen LogP contribution is 2.42. The number of rotatable bonds is 5. The van der Waals surface area contributed by atoms with Gasteiger partial charge in [0.25, 0.3) is 0 Å². The SMILES string of the molecule is c1ccc(-c2cc(-c3ccccc3)cc(-c3ccc(-n4c5cc(-n6c7ccccc7c7ccccc76)ccc5c5c6oc7ccccc7c6ccc54)cc3)c2)cc1. The van der Waals surface area contributed by atoms with E-state index in [1.807, 2.05) is 6.07 Å². The summed E-state index contributed by atoms with van der Waals surface area (Å²) in [4.78, 5) is 0. The summed E-state index contributed by atoms with van der Waals surface area (Å²) < 4.78 is 11.5. The van der Waals surface area contributed by atoms with Gasteiger partial charge in [-0.1, -0.05) is 127 Å². The Morgan fingerprint density at radius 2 is 0.772 bits per heavy atom. The quantitative estimate of drug-likeness (QED) is 0.173. The molecular weight excluding hydrogens is 693 g/mol. The molecule has 0 aliphatic rings. The van der Waals surface area contributed by atoms with E-state index in [9.17, 15) is 0 Å². The molecule has 266 valence electrons. The molecule has 0 saturated carbocycles. The van der Waals surface area contributed by atoms with Crippen LogP contribution in [0.2, 0.25) is 0 Å². The van der Waals surface area contributed by atoms with Crippen LogP contribution < -0.4 is 0 Å². The van der Waals surface area contributed by atoms with Crippen LogP contribution in [0.5, 0.6) is 0 Å². The summed E-state index contributed by atoms with van der Waals surface area (Å²) in [5.74, 6) is 0. The third kappa shape index (κ3) is 4.92. The van der Waals surface area contributed by atoms with Crippen molar-refractivity contribution in [2.45, 2.75) is 0 Å². The van der Waals surface area contributed by atoms with Gasteiger partial charge in [0.1, 0.15) is 11.2 Å². The molecule has 3 nitrogen and oxygen atoms in total. The first-order valence-corrected chi connectivity index (χ1v) is 19.5. The van der Waals surface area contributed by atoms with Gasteiger partial charge in [-0.2, -0.15) is 0 Å². The van der Waals surface area contributed by atoms with Crippen LogP contribution >= 0.6 is 0 Å². The molecule has 0 N–H and O–H groups in total. The largest absolute Gasteiger partial charge is 0.455 e. The molecule has 0 bridgehead atoms. The van der Waals surface area contributed by atoms with Gasteiger partial charge in [-0.15, -0.1) is 0 Å². The Hall–Kier alpha value is -7.62. The molecule has 57 heavy (non-hydrogen) atoms. The summed E-state index contributed by atoms with van der Waals surface area (Å²) in [6, 6.07) is 74.5. The summed E-state index contributed by atoms with van der Waals surface area (Å²) in [5, 5.41) is 7.05. The van der Waals surface area contributed by atoms with Crippen LogP contribution in [0.4, 0.5) is 0 Å². The second kappa shape index (κ2) is 12.5. The van der Waals surface area contributed by atoms with Crippen LogP contribution in [-0.4, -0.2) is 9.13 Å². The molecule has 3 heterocycles. The van der Waals surface area contributed by atoms with E-state index < -0.39 is 0 Å². The lowest BCUT2D eigenvalue weighted by atomic mass is 9.93. The molecule has 0 aliphatic heterocycles. The monoisotopic (exact) mass is 726 g/mol. The minimum absolute atomic E-state index is 0.903. The van der Waals surface area contributed by atoms with E-state index in [0.29, 0.717) is 0 Å². The first kappa shape index (κ1) is 31.7. The van der Waals surface area contributed by atoms with Gasteiger partial charge in [0.15, 0.2) is 0 Å². The minimum Gasteiger partial charge on any atom is -0.455 e. The predicted octanol–water partition coefficient (Wildman–Crippen LogP) is 14.8. The standard InChI is InChI=1S/C54H34N2O/c1-3-13-35(14-4-1)38-31-39(36-15-5-2-6-16-36)33-40(32-38)37-23-25-41(26-24-37)55-50-30-29-46-45-19-9-12-22-52(45)57-54(46)53(50)47-28-27-42(34-51(47)55)56-48-20-10-7-17-43(48)44-18-8-11-21-49(44)56/h1-34H. The number of nitrogens with zero attached hydrogens (tertiary/aromatic N) is 2. The maximum Gasteiger partial charge on any atom is 0.145 e. The van der Waals surface area contributed by atoms with E-state index in [0.717, 1.165) is 55.1 Å². The van der Waals surface area contributed by atoms with Crippen molar-refractivity contribution in [2.75, 3.05) is 0 Å². The van der Waals surface area contributed by atoms with Gasteiger partial charge in [0, 0.05) is 38.3 Å². The van der Waals surface area contributed by atoms with Crippen LogP contribution in [0.15, 0.2) is 211 Å². The number of fused-ring (bicyclic) bond motifs is 10. The number of hydrogen-bond donors (Lipinski definition) is 0. The van der Waals surface area contributed by atoms with Crippen LogP contribution in [0.25, 0.3) is 110 Å². The molecular formula is C54H34N2O.